The van der Waals surface area contributed by atoms with Gasteiger partial charge < -0.3 is 13.9 Å². The maximum Gasteiger partial charge on any atom is 0.259 e. The molecule has 0 N–H and O–H groups in total. The van der Waals surface area contributed by atoms with E-state index in [1.165, 1.54) is 0 Å². The van der Waals surface area contributed by atoms with Gasteiger partial charge in [-0.1, -0.05) is 22.4 Å². The third-order valence-corrected chi connectivity index (χ3v) is 5.47. The SMILES string of the molecule is Cc1noc(C)c1C(=O)N1CCC(N(C)Cc2noc3ccccc23)CC1. The minimum atomic E-state index is 0.0230. The van der Waals surface area contributed by atoms with Crippen molar-refractivity contribution in [3.05, 3.63) is 47.0 Å². The lowest BCUT2D eigenvalue weighted by Gasteiger charge is -2.36. The van der Waals surface area contributed by atoms with Gasteiger partial charge in [0.1, 0.15) is 17.0 Å². The molecule has 0 unspecified atom stereocenters. The Labute approximate surface area is 157 Å². The van der Waals surface area contributed by atoms with Gasteiger partial charge in [0.2, 0.25) is 0 Å². The van der Waals surface area contributed by atoms with Crippen LogP contribution in [0.1, 0.15) is 40.3 Å². The van der Waals surface area contributed by atoms with E-state index in [4.69, 9.17) is 9.05 Å². The molecule has 1 aromatic carbocycles. The van der Waals surface area contributed by atoms with Crippen molar-refractivity contribution in [3.8, 4) is 0 Å². The van der Waals surface area contributed by atoms with E-state index >= 15 is 0 Å². The zero-order chi connectivity index (χ0) is 19.0. The number of likely N-dealkylation sites (tertiary alicyclic amines) is 1. The number of benzene rings is 1. The molecule has 1 aliphatic heterocycles. The van der Waals surface area contributed by atoms with E-state index < -0.39 is 0 Å². The number of carbonyl (C=O) groups is 1. The number of fused-ring (bicyclic) bond motifs is 1. The third-order valence-electron chi connectivity index (χ3n) is 5.47. The molecule has 7 heteroatoms. The van der Waals surface area contributed by atoms with E-state index in [1.807, 2.05) is 36.1 Å². The van der Waals surface area contributed by atoms with Crippen molar-refractivity contribution in [2.45, 2.75) is 39.3 Å². The summed E-state index contributed by atoms with van der Waals surface area (Å²) in [7, 11) is 2.11. The van der Waals surface area contributed by atoms with Gasteiger partial charge in [-0.2, -0.15) is 0 Å². The highest BCUT2D eigenvalue weighted by molar-refractivity contribution is 5.96. The van der Waals surface area contributed by atoms with Crippen LogP contribution >= 0.6 is 0 Å². The van der Waals surface area contributed by atoms with Crippen molar-refractivity contribution in [1.29, 1.82) is 0 Å². The molecule has 7 nitrogen and oxygen atoms in total. The van der Waals surface area contributed by atoms with Gasteiger partial charge in [-0.25, -0.2) is 0 Å². The van der Waals surface area contributed by atoms with Gasteiger partial charge in [-0.05, 0) is 45.9 Å². The second kappa shape index (κ2) is 7.15. The smallest absolute Gasteiger partial charge is 0.259 e. The number of amides is 1. The maximum atomic E-state index is 12.8. The quantitative estimate of drug-likeness (QED) is 0.704. The van der Waals surface area contributed by atoms with Crippen LogP contribution in [0.15, 0.2) is 33.3 Å². The van der Waals surface area contributed by atoms with E-state index in [9.17, 15) is 4.79 Å². The molecule has 3 aromatic rings. The highest BCUT2D eigenvalue weighted by Crippen LogP contribution is 2.24. The van der Waals surface area contributed by atoms with Crippen LogP contribution in [0.3, 0.4) is 0 Å². The molecule has 0 aliphatic carbocycles. The molecule has 1 saturated heterocycles. The number of rotatable bonds is 4. The molecule has 0 spiro atoms. The molecule has 1 fully saturated rings. The number of nitrogens with zero attached hydrogens (tertiary/aromatic N) is 4. The highest BCUT2D eigenvalue weighted by Gasteiger charge is 2.29. The Morgan fingerprint density at radius 3 is 2.63 bits per heavy atom. The van der Waals surface area contributed by atoms with Crippen LogP contribution in [-0.4, -0.2) is 52.2 Å². The largest absolute Gasteiger partial charge is 0.361 e. The molecule has 27 heavy (non-hydrogen) atoms. The topological polar surface area (TPSA) is 75.6 Å². The first-order valence-corrected chi connectivity index (χ1v) is 9.30. The molecule has 0 bridgehead atoms. The van der Waals surface area contributed by atoms with Crippen LogP contribution in [0.4, 0.5) is 0 Å². The summed E-state index contributed by atoms with van der Waals surface area (Å²) in [5, 5.41) is 9.19. The zero-order valence-corrected chi connectivity index (χ0v) is 15.9. The maximum absolute atomic E-state index is 12.8. The molecule has 0 saturated carbocycles. The number of para-hydroxylation sites is 1. The Morgan fingerprint density at radius 2 is 1.93 bits per heavy atom. The summed E-state index contributed by atoms with van der Waals surface area (Å²) in [5.41, 5.74) is 3.05. The van der Waals surface area contributed by atoms with Gasteiger partial charge >= 0.3 is 0 Å². The predicted molar refractivity (Wildman–Crippen MR) is 100 cm³/mol. The Hall–Kier alpha value is -2.67. The van der Waals surface area contributed by atoms with E-state index in [2.05, 4.69) is 22.3 Å². The van der Waals surface area contributed by atoms with Crippen molar-refractivity contribution >= 4 is 16.9 Å². The summed E-state index contributed by atoms with van der Waals surface area (Å²) in [4.78, 5) is 17.0. The van der Waals surface area contributed by atoms with Crippen molar-refractivity contribution in [1.82, 2.24) is 20.1 Å². The van der Waals surface area contributed by atoms with Gasteiger partial charge in [0.15, 0.2) is 5.58 Å². The van der Waals surface area contributed by atoms with Crippen molar-refractivity contribution in [3.63, 3.8) is 0 Å². The lowest BCUT2D eigenvalue weighted by molar-refractivity contribution is 0.0636. The van der Waals surface area contributed by atoms with Crippen LogP contribution < -0.4 is 0 Å². The molecule has 1 aliphatic rings. The standard InChI is InChI=1S/C20H24N4O3/c1-13-19(14(2)26-21-13)20(25)24-10-8-15(9-11-24)23(3)12-17-16-6-4-5-7-18(16)27-22-17/h4-7,15H,8-12H2,1-3H3. The summed E-state index contributed by atoms with van der Waals surface area (Å²) < 4.78 is 10.5. The number of aryl methyl sites for hydroxylation is 2. The van der Waals surface area contributed by atoms with Crippen molar-refractivity contribution in [2.75, 3.05) is 20.1 Å². The molecule has 4 rings (SSSR count). The number of hydrogen-bond donors (Lipinski definition) is 0. The van der Waals surface area contributed by atoms with Crippen molar-refractivity contribution < 1.29 is 13.8 Å². The van der Waals surface area contributed by atoms with Gasteiger partial charge in [0.05, 0.1) is 5.69 Å². The van der Waals surface area contributed by atoms with E-state index in [0.29, 0.717) is 23.1 Å². The molecule has 3 heterocycles. The monoisotopic (exact) mass is 368 g/mol. The number of aromatic nitrogens is 2. The predicted octanol–water partition coefficient (Wildman–Crippen LogP) is 3.17. The summed E-state index contributed by atoms with van der Waals surface area (Å²) >= 11 is 0. The summed E-state index contributed by atoms with van der Waals surface area (Å²) in [6, 6.07) is 8.34. The van der Waals surface area contributed by atoms with Gasteiger partial charge in [0, 0.05) is 31.1 Å². The normalized spacial score (nSPS) is 15.8. The zero-order valence-electron chi connectivity index (χ0n) is 15.9. The second-order valence-corrected chi connectivity index (χ2v) is 7.26. The number of piperidine rings is 1. The third kappa shape index (κ3) is 3.35. The molecule has 0 atom stereocenters. The van der Waals surface area contributed by atoms with Crippen LogP contribution in [0.2, 0.25) is 0 Å². The van der Waals surface area contributed by atoms with Crippen LogP contribution in [0.25, 0.3) is 11.0 Å². The average molecular weight is 368 g/mol. The van der Waals surface area contributed by atoms with Crippen LogP contribution in [-0.2, 0) is 6.54 Å². The number of carbonyl (C=O) groups excluding carboxylic acids is 1. The summed E-state index contributed by atoms with van der Waals surface area (Å²) in [6.07, 6.45) is 1.86. The highest BCUT2D eigenvalue weighted by atomic mass is 16.5. The van der Waals surface area contributed by atoms with Crippen LogP contribution in [0, 0.1) is 13.8 Å². The fourth-order valence-corrected chi connectivity index (χ4v) is 3.87. The molecular weight excluding hydrogens is 344 g/mol. The van der Waals surface area contributed by atoms with Crippen molar-refractivity contribution in [2.24, 2.45) is 0 Å². The number of hydrogen-bond acceptors (Lipinski definition) is 6. The van der Waals surface area contributed by atoms with E-state index in [1.54, 1.807) is 6.92 Å². The fraction of sp³-hybridized carbons (Fsp3) is 0.450. The lowest BCUT2D eigenvalue weighted by atomic mass is 10.0. The second-order valence-electron chi connectivity index (χ2n) is 7.26. The summed E-state index contributed by atoms with van der Waals surface area (Å²) in [6.45, 7) is 5.80. The lowest BCUT2D eigenvalue weighted by Crippen LogP contribution is -2.45. The summed E-state index contributed by atoms with van der Waals surface area (Å²) in [5.74, 6) is 0.615. The first kappa shape index (κ1) is 17.7. The molecule has 2 aromatic heterocycles. The van der Waals surface area contributed by atoms with Gasteiger partial charge in [-0.15, -0.1) is 0 Å². The molecule has 0 radical (unpaired) electrons. The Morgan fingerprint density at radius 1 is 1.19 bits per heavy atom. The van der Waals surface area contributed by atoms with Gasteiger partial charge in [-0.3, -0.25) is 9.69 Å². The van der Waals surface area contributed by atoms with Crippen LogP contribution in [0.5, 0.6) is 0 Å². The van der Waals surface area contributed by atoms with E-state index in [0.717, 1.165) is 49.1 Å². The molecule has 1 amide bonds. The average Bonchev–Trinajstić information content (AvgIpc) is 3.24. The molecular formula is C20H24N4O3. The minimum Gasteiger partial charge on any atom is -0.361 e. The first-order chi connectivity index (χ1) is 13.0. The Kier molecular flexibility index (Phi) is 4.70. The Bertz CT molecular complexity index is 934. The fourth-order valence-electron chi connectivity index (χ4n) is 3.87. The molecule has 142 valence electrons. The van der Waals surface area contributed by atoms with E-state index in [-0.39, 0.29) is 5.91 Å². The first-order valence-electron chi connectivity index (χ1n) is 9.30. The Balaban J connectivity index is 1.38. The van der Waals surface area contributed by atoms with Gasteiger partial charge in [0.25, 0.3) is 5.91 Å². The minimum absolute atomic E-state index is 0.0230.